The number of hydrogen-bond acceptors (Lipinski definition) is 4. The predicted molar refractivity (Wildman–Crippen MR) is 81.6 cm³/mol. The molecule has 1 unspecified atom stereocenters. The zero-order valence-electron chi connectivity index (χ0n) is 12.0. The van der Waals surface area contributed by atoms with E-state index in [0.29, 0.717) is 25.1 Å². The van der Waals surface area contributed by atoms with Crippen molar-refractivity contribution in [2.75, 3.05) is 6.54 Å². The summed E-state index contributed by atoms with van der Waals surface area (Å²) in [5.41, 5.74) is 1.28. The van der Waals surface area contributed by atoms with Gasteiger partial charge in [-0.2, -0.15) is 0 Å². The summed E-state index contributed by atoms with van der Waals surface area (Å²) in [7, 11) is 0. The molecule has 0 bridgehead atoms. The second-order valence-electron chi connectivity index (χ2n) is 5.28. The maximum atomic E-state index is 12.4. The van der Waals surface area contributed by atoms with Gasteiger partial charge in [0.2, 0.25) is 5.91 Å². The Morgan fingerprint density at radius 2 is 2.36 bits per heavy atom. The highest BCUT2D eigenvalue weighted by atomic mass is 32.1. The van der Waals surface area contributed by atoms with Crippen molar-refractivity contribution in [3.8, 4) is 0 Å². The quantitative estimate of drug-likeness (QED) is 0.882. The molecular weight excluding hydrogens is 302 g/mol. The summed E-state index contributed by atoms with van der Waals surface area (Å²) in [5, 5.41) is 11.5. The first-order valence-electron chi connectivity index (χ1n) is 7.23. The average Bonchev–Trinajstić information content (AvgIpc) is 3.16. The lowest BCUT2D eigenvalue weighted by molar-refractivity contribution is -0.151. The number of carbonyl (C=O) groups excluding carboxylic acids is 1. The van der Waals surface area contributed by atoms with Crippen LogP contribution in [0.4, 0.5) is 0 Å². The Hall–Kier alpha value is -2.15. The van der Waals surface area contributed by atoms with E-state index in [0.717, 1.165) is 18.5 Å². The summed E-state index contributed by atoms with van der Waals surface area (Å²) in [4.78, 5) is 33.7. The zero-order chi connectivity index (χ0) is 15.5. The lowest BCUT2D eigenvalue weighted by Gasteiger charge is -2.32. The number of carboxylic acids is 1. The normalized spacial score (nSPS) is 17.3. The highest BCUT2D eigenvalue weighted by Crippen LogP contribution is 2.28. The van der Waals surface area contributed by atoms with Gasteiger partial charge in [-0.05, 0) is 24.3 Å². The van der Waals surface area contributed by atoms with E-state index >= 15 is 0 Å². The summed E-state index contributed by atoms with van der Waals surface area (Å²) in [5.74, 6) is -1.14. The third-order valence-electron chi connectivity index (χ3n) is 3.87. The number of rotatable bonds is 5. The molecule has 1 aliphatic heterocycles. The van der Waals surface area contributed by atoms with Gasteiger partial charge in [-0.25, -0.2) is 9.78 Å². The molecule has 7 heteroatoms. The molecule has 116 valence electrons. The molecule has 0 radical (unpaired) electrons. The molecule has 3 rings (SSSR count). The van der Waals surface area contributed by atoms with Crippen molar-refractivity contribution in [2.45, 2.75) is 31.7 Å². The molecule has 6 nitrogen and oxygen atoms in total. The van der Waals surface area contributed by atoms with Crippen LogP contribution in [0.5, 0.6) is 0 Å². The second-order valence-corrected chi connectivity index (χ2v) is 6.31. The van der Waals surface area contributed by atoms with Crippen molar-refractivity contribution in [3.63, 3.8) is 0 Å². The van der Waals surface area contributed by atoms with Gasteiger partial charge in [0.05, 0.1) is 12.0 Å². The molecule has 0 aromatic carbocycles. The Balaban J connectivity index is 1.65. The van der Waals surface area contributed by atoms with Gasteiger partial charge < -0.3 is 15.0 Å². The molecular formula is C15H17N3O3S. The molecule has 2 N–H and O–H groups in total. The first-order valence-corrected chi connectivity index (χ1v) is 8.11. The van der Waals surface area contributed by atoms with Gasteiger partial charge in [-0.15, -0.1) is 11.3 Å². The highest BCUT2D eigenvalue weighted by molar-refractivity contribution is 7.09. The number of aliphatic carboxylic acids is 1. The summed E-state index contributed by atoms with van der Waals surface area (Å²) in [6, 6.07) is 3.07. The maximum absolute atomic E-state index is 12.4. The van der Waals surface area contributed by atoms with Crippen molar-refractivity contribution < 1.29 is 14.7 Å². The number of aryl methyl sites for hydroxylation is 1. The van der Waals surface area contributed by atoms with Crippen LogP contribution < -0.4 is 0 Å². The van der Waals surface area contributed by atoms with Crippen LogP contribution in [-0.2, 0) is 22.4 Å². The minimum atomic E-state index is -1.03. The predicted octanol–water partition coefficient (Wildman–Crippen LogP) is 2.00. The highest BCUT2D eigenvalue weighted by Gasteiger charge is 2.37. The minimum absolute atomic E-state index is 0.113. The van der Waals surface area contributed by atoms with Crippen molar-refractivity contribution in [3.05, 3.63) is 40.1 Å². The van der Waals surface area contributed by atoms with Gasteiger partial charge in [-0.1, -0.05) is 6.07 Å². The van der Waals surface area contributed by atoms with E-state index in [1.165, 1.54) is 16.1 Å². The Bertz CT molecular complexity index is 665. The fourth-order valence-corrected chi connectivity index (χ4v) is 3.56. The molecule has 0 saturated heterocycles. The van der Waals surface area contributed by atoms with E-state index in [9.17, 15) is 14.7 Å². The van der Waals surface area contributed by atoms with Crippen LogP contribution in [-0.4, -0.2) is 38.4 Å². The van der Waals surface area contributed by atoms with E-state index in [1.54, 1.807) is 11.3 Å². The van der Waals surface area contributed by atoms with Gasteiger partial charge in [0.25, 0.3) is 0 Å². The number of H-pyrrole nitrogens is 1. The molecule has 1 amide bonds. The number of amides is 1. The average molecular weight is 319 g/mol. The van der Waals surface area contributed by atoms with E-state index in [2.05, 4.69) is 9.97 Å². The first-order chi connectivity index (χ1) is 10.7. The summed E-state index contributed by atoms with van der Waals surface area (Å²) >= 11 is 1.67. The summed E-state index contributed by atoms with van der Waals surface area (Å²) < 4.78 is 0. The number of nitrogens with one attached hydrogen (secondary N) is 1. The number of aromatic amines is 1. The Morgan fingerprint density at radius 1 is 1.50 bits per heavy atom. The molecule has 0 spiro atoms. The number of thiophene rings is 1. The van der Waals surface area contributed by atoms with E-state index in [4.69, 9.17) is 0 Å². The molecule has 0 aliphatic carbocycles. The van der Waals surface area contributed by atoms with Crippen molar-refractivity contribution in [2.24, 2.45) is 0 Å². The van der Waals surface area contributed by atoms with Crippen molar-refractivity contribution in [1.82, 2.24) is 14.9 Å². The summed E-state index contributed by atoms with van der Waals surface area (Å²) in [6.45, 7) is 0.421. The fraction of sp³-hybridized carbons (Fsp3) is 0.400. The van der Waals surface area contributed by atoms with Gasteiger partial charge in [0.1, 0.15) is 0 Å². The number of imidazole rings is 1. The third-order valence-corrected chi connectivity index (χ3v) is 4.81. The number of nitrogens with zero attached hydrogens (tertiary/aromatic N) is 2. The molecule has 3 heterocycles. The Labute approximate surface area is 131 Å². The van der Waals surface area contributed by atoms with E-state index in [1.807, 2.05) is 17.5 Å². The zero-order valence-corrected chi connectivity index (χ0v) is 12.8. The monoisotopic (exact) mass is 319 g/mol. The van der Waals surface area contributed by atoms with Crippen molar-refractivity contribution >= 4 is 23.2 Å². The minimum Gasteiger partial charge on any atom is -0.479 e. The number of carbonyl (C=O) groups is 2. The topological polar surface area (TPSA) is 86.3 Å². The lowest BCUT2D eigenvalue weighted by Crippen LogP contribution is -2.43. The SMILES string of the molecule is O=C(O)C1c2nc[nH]c2CCN1C(=O)CCCc1cccs1. The molecule has 22 heavy (non-hydrogen) atoms. The van der Waals surface area contributed by atoms with Crippen LogP contribution in [0.1, 0.15) is 35.1 Å². The largest absolute Gasteiger partial charge is 0.479 e. The van der Waals surface area contributed by atoms with E-state index < -0.39 is 12.0 Å². The first kappa shape index (κ1) is 14.8. The Kier molecular flexibility index (Phi) is 4.24. The molecule has 1 atom stereocenters. The van der Waals surface area contributed by atoms with Crippen LogP contribution >= 0.6 is 11.3 Å². The standard InChI is InChI=1S/C15H17N3O3S/c19-12(5-1-3-10-4-2-8-22-10)18-7-6-11-13(17-9-16-11)14(18)15(20)21/h2,4,8-9,14H,1,3,5-7H2,(H,16,17)(H,20,21). The number of fused-ring (bicyclic) bond motifs is 1. The van der Waals surface area contributed by atoms with Gasteiger partial charge in [0, 0.05) is 30.0 Å². The molecule has 1 aliphatic rings. The van der Waals surface area contributed by atoms with Gasteiger partial charge in [0.15, 0.2) is 6.04 Å². The smallest absolute Gasteiger partial charge is 0.332 e. The fourth-order valence-electron chi connectivity index (χ4n) is 2.81. The molecule has 0 saturated carbocycles. The number of hydrogen-bond donors (Lipinski definition) is 2. The lowest BCUT2D eigenvalue weighted by atomic mass is 10.0. The molecule has 2 aromatic rings. The van der Waals surface area contributed by atoms with Crippen LogP contribution in [0, 0.1) is 0 Å². The second kappa shape index (κ2) is 6.31. The molecule has 0 fully saturated rings. The van der Waals surface area contributed by atoms with Gasteiger partial charge >= 0.3 is 5.97 Å². The van der Waals surface area contributed by atoms with Crippen molar-refractivity contribution in [1.29, 1.82) is 0 Å². The molecule has 2 aromatic heterocycles. The van der Waals surface area contributed by atoms with Crippen LogP contribution in [0.15, 0.2) is 23.8 Å². The van der Waals surface area contributed by atoms with Crippen LogP contribution in [0.25, 0.3) is 0 Å². The van der Waals surface area contributed by atoms with Crippen LogP contribution in [0.3, 0.4) is 0 Å². The Morgan fingerprint density at radius 3 is 3.09 bits per heavy atom. The van der Waals surface area contributed by atoms with Gasteiger partial charge in [-0.3, -0.25) is 4.79 Å². The number of carboxylic acid groups (broad SMARTS) is 1. The summed E-state index contributed by atoms with van der Waals surface area (Å²) in [6.07, 6.45) is 4.06. The van der Waals surface area contributed by atoms with Crippen LogP contribution in [0.2, 0.25) is 0 Å². The third kappa shape index (κ3) is 2.89. The van der Waals surface area contributed by atoms with E-state index in [-0.39, 0.29) is 5.91 Å². The number of aromatic nitrogens is 2. The maximum Gasteiger partial charge on any atom is 0.332 e.